The van der Waals surface area contributed by atoms with Gasteiger partial charge in [0.05, 0.1) is 35.3 Å². The first kappa shape index (κ1) is 22.0. The molecule has 0 spiro atoms. The van der Waals surface area contributed by atoms with Gasteiger partial charge in [0.1, 0.15) is 12.3 Å². The lowest BCUT2D eigenvalue weighted by Gasteiger charge is -2.17. The number of ether oxygens (including phenoxy) is 3. The van der Waals surface area contributed by atoms with Gasteiger partial charge in [0, 0.05) is 26.5 Å². The molecule has 2 N–H and O–H groups in total. The molecule has 3 rings (SSSR count). The molecule has 0 aliphatic heterocycles. The number of nitrogens with zero attached hydrogens (tertiary/aromatic N) is 4. The third kappa shape index (κ3) is 5.08. The minimum Gasteiger partial charge on any atom is -0.474 e. The number of anilines is 2. The van der Waals surface area contributed by atoms with Gasteiger partial charge in [-0.05, 0) is 13.0 Å². The van der Waals surface area contributed by atoms with E-state index < -0.39 is 12.1 Å². The second-order valence-corrected chi connectivity index (χ2v) is 6.92. The molecule has 0 aliphatic carbocycles. The predicted molar refractivity (Wildman–Crippen MR) is 113 cm³/mol. The highest BCUT2D eigenvalue weighted by molar-refractivity contribution is 6.31. The molecule has 0 saturated carbocycles. The highest BCUT2D eigenvalue weighted by atomic mass is 35.5. The number of pyridine rings is 1. The number of rotatable bonds is 8. The molecule has 0 aliphatic rings. The fraction of sp³-hybridized carbons (Fsp3) is 0.333. The van der Waals surface area contributed by atoms with E-state index in [9.17, 15) is 4.79 Å². The van der Waals surface area contributed by atoms with Crippen molar-refractivity contribution in [3.05, 3.63) is 40.4 Å². The summed E-state index contributed by atoms with van der Waals surface area (Å²) in [4.78, 5) is 21.0. The minimum atomic E-state index is -0.556. The first-order chi connectivity index (χ1) is 14.4. The third-order valence-corrected chi connectivity index (χ3v) is 4.46. The summed E-state index contributed by atoms with van der Waals surface area (Å²) >= 11 is 12.0. The van der Waals surface area contributed by atoms with Crippen molar-refractivity contribution in [3.8, 4) is 5.88 Å². The summed E-state index contributed by atoms with van der Waals surface area (Å²) in [6, 6.07) is 2.59. The number of halogens is 2. The van der Waals surface area contributed by atoms with Crippen LogP contribution < -0.4 is 15.4 Å². The molecule has 0 bridgehead atoms. The lowest BCUT2D eigenvalue weighted by atomic mass is 10.2. The zero-order chi connectivity index (χ0) is 21.7. The summed E-state index contributed by atoms with van der Waals surface area (Å²) in [6.07, 6.45) is 2.52. The molecule has 3 heterocycles. The second kappa shape index (κ2) is 9.90. The maximum atomic E-state index is 12.7. The van der Waals surface area contributed by atoms with E-state index in [-0.39, 0.29) is 17.6 Å². The molecule has 3 aromatic rings. The number of hydrogen-bond acceptors (Lipinski definition) is 7. The number of methoxy groups -OCH3 is 2. The monoisotopic (exact) mass is 454 g/mol. The van der Waals surface area contributed by atoms with Gasteiger partial charge in [-0.3, -0.25) is 0 Å². The zero-order valence-corrected chi connectivity index (χ0v) is 18.0. The van der Waals surface area contributed by atoms with Crippen LogP contribution in [0.3, 0.4) is 0 Å². The fourth-order valence-corrected chi connectivity index (χ4v) is 2.98. The van der Waals surface area contributed by atoms with Crippen LogP contribution in [0, 0.1) is 0 Å². The van der Waals surface area contributed by atoms with Crippen LogP contribution in [0.5, 0.6) is 5.88 Å². The Bertz CT molecular complexity index is 1040. The van der Waals surface area contributed by atoms with Crippen LogP contribution in [0.15, 0.2) is 24.5 Å². The molecule has 10 nitrogen and oxygen atoms in total. The van der Waals surface area contributed by atoms with Crippen molar-refractivity contribution >= 4 is 46.3 Å². The molecule has 0 aromatic carbocycles. The maximum absolute atomic E-state index is 12.7. The number of fused-ring (bicyclic) bond motifs is 1. The standard InChI is InChI=1S/C18H20Cl2N6O4/c1-10(29-3)16-13(9-21-15-7-14(20)25-26(15)16)24-18(27)23-12-6-11(19)8-22-17(12)30-5-4-28-2/h6-10H,4-5H2,1-3H3,(H2,23,24,27). The number of carbonyl (C=O) groups is 1. The molecular formula is C18H20Cl2N6O4. The van der Waals surface area contributed by atoms with Crippen LogP contribution in [0.4, 0.5) is 16.2 Å². The number of hydrogen-bond donors (Lipinski definition) is 2. The number of carbonyl (C=O) groups excluding carboxylic acids is 1. The van der Waals surface area contributed by atoms with Crippen molar-refractivity contribution in [1.82, 2.24) is 19.6 Å². The summed E-state index contributed by atoms with van der Waals surface area (Å²) < 4.78 is 17.4. The van der Waals surface area contributed by atoms with Crippen LogP contribution >= 0.6 is 23.2 Å². The largest absolute Gasteiger partial charge is 0.474 e. The Morgan fingerprint density at radius 1 is 1.13 bits per heavy atom. The van der Waals surface area contributed by atoms with E-state index >= 15 is 0 Å². The predicted octanol–water partition coefficient (Wildman–Crippen LogP) is 3.81. The van der Waals surface area contributed by atoms with E-state index in [1.54, 1.807) is 20.3 Å². The summed E-state index contributed by atoms with van der Waals surface area (Å²) in [5.74, 6) is 0.213. The van der Waals surface area contributed by atoms with Gasteiger partial charge < -0.3 is 24.8 Å². The van der Waals surface area contributed by atoms with Gasteiger partial charge in [-0.15, -0.1) is 0 Å². The van der Waals surface area contributed by atoms with E-state index in [1.807, 2.05) is 6.92 Å². The lowest BCUT2D eigenvalue weighted by Crippen LogP contribution is -2.23. The molecule has 0 saturated heterocycles. The third-order valence-electron chi connectivity index (χ3n) is 4.07. The molecule has 160 valence electrons. The molecular weight excluding hydrogens is 435 g/mol. The van der Waals surface area contributed by atoms with E-state index in [4.69, 9.17) is 37.4 Å². The summed E-state index contributed by atoms with van der Waals surface area (Å²) in [5.41, 5.74) is 1.79. The number of amides is 2. The summed E-state index contributed by atoms with van der Waals surface area (Å²) in [6.45, 7) is 2.44. The summed E-state index contributed by atoms with van der Waals surface area (Å²) in [5, 5.41) is 10.2. The first-order valence-electron chi connectivity index (χ1n) is 8.85. The Kier molecular flexibility index (Phi) is 7.27. The zero-order valence-electron chi connectivity index (χ0n) is 16.5. The molecule has 30 heavy (non-hydrogen) atoms. The second-order valence-electron chi connectivity index (χ2n) is 6.10. The van der Waals surface area contributed by atoms with Gasteiger partial charge >= 0.3 is 6.03 Å². The van der Waals surface area contributed by atoms with Gasteiger partial charge in [0.25, 0.3) is 0 Å². The number of nitrogens with one attached hydrogen (secondary N) is 2. The molecule has 1 unspecified atom stereocenters. The van der Waals surface area contributed by atoms with Crippen molar-refractivity contribution in [1.29, 1.82) is 0 Å². The van der Waals surface area contributed by atoms with Crippen LogP contribution in [0.1, 0.15) is 18.7 Å². The average molecular weight is 455 g/mol. The fourth-order valence-electron chi connectivity index (χ4n) is 2.65. The van der Waals surface area contributed by atoms with E-state index in [0.29, 0.717) is 34.3 Å². The van der Waals surface area contributed by atoms with E-state index in [2.05, 4.69) is 25.7 Å². The molecule has 0 radical (unpaired) electrons. The Morgan fingerprint density at radius 2 is 1.90 bits per heavy atom. The Morgan fingerprint density at radius 3 is 2.63 bits per heavy atom. The highest BCUT2D eigenvalue weighted by Crippen LogP contribution is 2.28. The smallest absolute Gasteiger partial charge is 0.323 e. The Hall–Kier alpha value is -2.66. The van der Waals surface area contributed by atoms with Gasteiger partial charge in [-0.1, -0.05) is 23.2 Å². The lowest BCUT2D eigenvalue weighted by molar-refractivity contribution is 0.114. The van der Waals surface area contributed by atoms with Crippen LogP contribution in [0.2, 0.25) is 10.2 Å². The van der Waals surface area contributed by atoms with Crippen molar-refractivity contribution in [2.24, 2.45) is 0 Å². The van der Waals surface area contributed by atoms with Gasteiger partial charge in [-0.25, -0.2) is 19.3 Å². The SMILES string of the molecule is COCCOc1ncc(Cl)cc1NC(=O)Nc1cnc2cc(Cl)nn2c1C(C)OC. The van der Waals surface area contributed by atoms with Crippen molar-refractivity contribution < 1.29 is 19.0 Å². The average Bonchev–Trinajstić information content (AvgIpc) is 3.09. The molecule has 2 amide bonds. The van der Waals surface area contributed by atoms with Crippen LogP contribution in [-0.2, 0) is 9.47 Å². The molecule has 3 aromatic heterocycles. The maximum Gasteiger partial charge on any atom is 0.323 e. The van der Waals surface area contributed by atoms with Gasteiger partial charge in [-0.2, -0.15) is 5.10 Å². The Labute approximate surface area is 182 Å². The van der Waals surface area contributed by atoms with Crippen molar-refractivity contribution in [2.75, 3.05) is 38.1 Å². The number of aromatic nitrogens is 4. The quantitative estimate of drug-likeness (QED) is 0.497. The number of urea groups is 1. The van der Waals surface area contributed by atoms with E-state index in [0.717, 1.165) is 0 Å². The van der Waals surface area contributed by atoms with Crippen molar-refractivity contribution in [3.63, 3.8) is 0 Å². The highest BCUT2D eigenvalue weighted by Gasteiger charge is 2.19. The minimum absolute atomic E-state index is 0.213. The topological polar surface area (TPSA) is 112 Å². The van der Waals surface area contributed by atoms with E-state index in [1.165, 1.54) is 23.0 Å². The van der Waals surface area contributed by atoms with Gasteiger partial charge in [0.15, 0.2) is 10.8 Å². The normalized spacial score (nSPS) is 12.0. The van der Waals surface area contributed by atoms with Crippen LogP contribution in [0.25, 0.3) is 5.65 Å². The molecule has 1 atom stereocenters. The first-order valence-corrected chi connectivity index (χ1v) is 9.60. The van der Waals surface area contributed by atoms with Gasteiger partial charge in [0.2, 0.25) is 5.88 Å². The molecule has 12 heteroatoms. The van der Waals surface area contributed by atoms with Crippen molar-refractivity contribution in [2.45, 2.75) is 13.0 Å². The Balaban J connectivity index is 1.85. The molecule has 0 fully saturated rings. The van der Waals surface area contributed by atoms with Crippen LogP contribution in [-0.4, -0.2) is 53.0 Å². The summed E-state index contributed by atoms with van der Waals surface area (Å²) in [7, 11) is 3.11.